The SMILES string of the molecule is CC(=O)CP.[O]=[V].[V].[V]. The first-order valence-corrected chi connectivity index (χ1v) is 3.04. The minimum atomic E-state index is 0. The van der Waals surface area contributed by atoms with E-state index in [-0.39, 0.29) is 42.9 Å². The van der Waals surface area contributed by atoms with Gasteiger partial charge in [0.1, 0.15) is 5.78 Å². The quantitative estimate of drug-likeness (QED) is 0.635. The van der Waals surface area contributed by atoms with E-state index in [1.54, 1.807) is 6.92 Å². The van der Waals surface area contributed by atoms with Gasteiger partial charge in [0.25, 0.3) is 0 Å². The molecule has 1 atom stereocenters. The van der Waals surface area contributed by atoms with Crippen molar-refractivity contribution in [2.45, 2.75) is 6.92 Å². The van der Waals surface area contributed by atoms with E-state index in [1.165, 1.54) is 0 Å². The van der Waals surface area contributed by atoms with Gasteiger partial charge in [-0.05, 0) is 6.92 Å². The van der Waals surface area contributed by atoms with E-state index in [9.17, 15) is 4.79 Å². The first-order valence-electron chi connectivity index (χ1n) is 1.65. The van der Waals surface area contributed by atoms with Crippen molar-refractivity contribution in [1.82, 2.24) is 0 Å². The third-order valence-corrected chi connectivity index (χ3v) is 0.862. The summed E-state index contributed by atoms with van der Waals surface area (Å²) in [6.07, 6.45) is 0.583. The second kappa shape index (κ2) is 22.6. The summed E-state index contributed by atoms with van der Waals surface area (Å²) in [5, 5.41) is 0. The van der Waals surface area contributed by atoms with Gasteiger partial charge < -0.3 is 0 Å². The molecule has 0 aliphatic carbocycles. The van der Waals surface area contributed by atoms with Crippen LogP contribution in [0, 0.1) is 0 Å². The normalized spacial score (nSPS) is 4.56. The van der Waals surface area contributed by atoms with Crippen molar-refractivity contribution in [2.24, 2.45) is 0 Å². The predicted molar refractivity (Wildman–Crippen MR) is 25.9 cm³/mol. The number of Topliss-reactive ketones (excluding diaryl/α,β-unsaturated/α-hetero) is 1. The topological polar surface area (TPSA) is 34.1 Å². The van der Waals surface area contributed by atoms with E-state index in [0.29, 0.717) is 6.16 Å². The Balaban J connectivity index is -0.0000000286. The Morgan fingerprint density at radius 3 is 1.56 bits per heavy atom. The summed E-state index contributed by atoms with van der Waals surface area (Å²) >= 11 is 1.06. The molecule has 9 heavy (non-hydrogen) atoms. The number of rotatable bonds is 1. The smallest absolute Gasteiger partial charge is 0 e. The molecule has 0 aliphatic rings. The van der Waals surface area contributed by atoms with Crippen molar-refractivity contribution < 1.29 is 62.9 Å². The number of hydrogen-bond acceptors (Lipinski definition) is 2. The van der Waals surface area contributed by atoms with Gasteiger partial charge in [0.2, 0.25) is 0 Å². The van der Waals surface area contributed by atoms with E-state index >= 15 is 0 Å². The molecule has 0 saturated carbocycles. The first kappa shape index (κ1) is 22.4. The van der Waals surface area contributed by atoms with Gasteiger partial charge in [-0.25, -0.2) is 0 Å². The number of ketones is 1. The van der Waals surface area contributed by atoms with Crippen molar-refractivity contribution in [3.8, 4) is 0 Å². The minimum absolute atomic E-state index is 0. The fraction of sp³-hybridized carbons (Fsp3) is 0.667. The van der Waals surface area contributed by atoms with Crippen LogP contribution in [0.25, 0.3) is 0 Å². The fourth-order valence-corrected chi connectivity index (χ4v) is 0. The molecule has 0 heterocycles. The van der Waals surface area contributed by atoms with Gasteiger partial charge in [-0.1, -0.05) is 0 Å². The molecule has 6 heteroatoms. The molecular weight excluding hydrogens is 252 g/mol. The van der Waals surface area contributed by atoms with Crippen molar-refractivity contribution in [3.63, 3.8) is 0 Å². The van der Waals surface area contributed by atoms with Crippen LogP contribution in [0.4, 0.5) is 0 Å². The Morgan fingerprint density at radius 1 is 1.44 bits per heavy atom. The Labute approximate surface area is 90.5 Å². The summed E-state index contributed by atoms with van der Waals surface area (Å²) in [5.41, 5.74) is 0. The van der Waals surface area contributed by atoms with Gasteiger partial charge in [-0.2, -0.15) is 0 Å². The standard InChI is InChI=1S/C3H7OP.O.3V/c1-3(4)2-5;;;;/h2,5H2,1H3;;;;. The number of hydrogen-bond donors (Lipinski definition) is 0. The van der Waals surface area contributed by atoms with Crippen LogP contribution in [0.1, 0.15) is 6.92 Å². The molecule has 0 saturated heterocycles. The predicted octanol–water partition coefficient (Wildman–Crippen LogP) is 0.324. The van der Waals surface area contributed by atoms with Crippen LogP contribution in [0.15, 0.2) is 0 Å². The Bertz CT molecular complexity index is 61.0. The van der Waals surface area contributed by atoms with Crippen LogP contribution < -0.4 is 0 Å². The van der Waals surface area contributed by atoms with E-state index in [0.717, 1.165) is 17.4 Å². The summed E-state index contributed by atoms with van der Waals surface area (Å²) in [6, 6.07) is 0. The molecule has 0 amide bonds. The average molecular weight is 259 g/mol. The Morgan fingerprint density at radius 2 is 1.56 bits per heavy atom. The van der Waals surface area contributed by atoms with Crippen LogP contribution in [-0.4, -0.2) is 11.9 Å². The molecule has 51 valence electrons. The maximum atomic E-state index is 9.79. The molecule has 2 nitrogen and oxygen atoms in total. The molecule has 0 aromatic rings. The van der Waals surface area contributed by atoms with Crippen molar-refractivity contribution in [2.75, 3.05) is 6.16 Å². The molecule has 0 bridgehead atoms. The Hall–Kier alpha value is 1.65. The van der Waals surface area contributed by atoms with E-state index in [4.69, 9.17) is 3.67 Å². The van der Waals surface area contributed by atoms with Crippen molar-refractivity contribution >= 4 is 15.0 Å². The molecular formula is C3H7O2PV3. The fourth-order valence-electron chi connectivity index (χ4n) is 0. The van der Waals surface area contributed by atoms with Gasteiger partial charge in [-0.3, -0.25) is 4.79 Å². The minimum Gasteiger partial charge on any atom is 0 e. The van der Waals surface area contributed by atoms with Gasteiger partial charge >= 0.3 is 21.0 Å². The zero-order valence-corrected chi connectivity index (χ0v) is 10.3. The zero-order valence-electron chi connectivity index (χ0n) is 4.94. The third-order valence-electron chi connectivity index (χ3n) is 0.287. The van der Waals surface area contributed by atoms with E-state index in [2.05, 4.69) is 9.24 Å². The van der Waals surface area contributed by atoms with E-state index in [1.807, 2.05) is 0 Å². The van der Waals surface area contributed by atoms with Crippen LogP contribution in [0.5, 0.6) is 0 Å². The number of carbonyl (C=O) groups is 1. The van der Waals surface area contributed by atoms with E-state index < -0.39 is 0 Å². The molecule has 0 fully saturated rings. The van der Waals surface area contributed by atoms with Crippen molar-refractivity contribution in [1.29, 1.82) is 0 Å². The number of carbonyl (C=O) groups excluding carboxylic acids is 1. The third kappa shape index (κ3) is 42.4. The summed E-state index contributed by atoms with van der Waals surface area (Å²) < 4.78 is 8.19. The van der Waals surface area contributed by atoms with Crippen LogP contribution in [-0.2, 0) is 62.9 Å². The molecule has 2 radical (unpaired) electrons. The molecule has 0 N–H and O–H groups in total. The summed E-state index contributed by atoms with van der Waals surface area (Å²) in [6.45, 7) is 1.56. The van der Waals surface area contributed by atoms with Gasteiger partial charge in [0.05, 0.1) is 0 Å². The molecule has 0 aromatic carbocycles. The van der Waals surface area contributed by atoms with Crippen LogP contribution in [0.2, 0.25) is 0 Å². The molecule has 0 aromatic heterocycles. The summed E-state index contributed by atoms with van der Waals surface area (Å²) in [5.74, 6) is 0.218. The second-order valence-corrected chi connectivity index (χ2v) is 1.31. The van der Waals surface area contributed by atoms with Crippen LogP contribution in [0.3, 0.4) is 0 Å². The zero-order chi connectivity index (χ0) is 6.28. The maximum Gasteiger partial charge on any atom is 0 e. The molecule has 0 rings (SSSR count). The summed E-state index contributed by atoms with van der Waals surface area (Å²) in [4.78, 5) is 9.79. The molecule has 0 spiro atoms. The maximum absolute atomic E-state index is 9.79. The molecule has 0 aliphatic heterocycles. The summed E-state index contributed by atoms with van der Waals surface area (Å²) in [7, 11) is 2.34. The first-order chi connectivity index (χ1) is 3.27. The van der Waals surface area contributed by atoms with Gasteiger partial charge in [0.15, 0.2) is 0 Å². The average Bonchev–Trinajstić information content (AvgIpc) is 1.73. The van der Waals surface area contributed by atoms with Crippen LogP contribution >= 0.6 is 9.24 Å². The molecule has 1 unspecified atom stereocenters. The van der Waals surface area contributed by atoms with Gasteiger partial charge in [0, 0.05) is 43.3 Å². The van der Waals surface area contributed by atoms with Gasteiger partial charge in [-0.15, -0.1) is 9.24 Å². The monoisotopic (exact) mass is 259 g/mol. The Kier molecular flexibility index (Phi) is 56.4. The van der Waals surface area contributed by atoms with Crippen molar-refractivity contribution in [3.05, 3.63) is 0 Å². The largest absolute Gasteiger partial charge is 0 e. The second-order valence-electron chi connectivity index (χ2n) is 0.906.